The molecule has 1 aliphatic rings. The van der Waals surface area contributed by atoms with E-state index in [1.165, 1.54) is 0 Å². The molecule has 2 atom stereocenters. The third-order valence-corrected chi connectivity index (χ3v) is 2.65. The van der Waals surface area contributed by atoms with Crippen LogP contribution in [-0.2, 0) is 15.9 Å². The molecule has 1 aliphatic heterocycles. The molecule has 0 N–H and O–H groups in total. The number of ether oxygens (including phenoxy) is 3. The van der Waals surface area contributed by atoms with Crippen LogP contribution in [0.5, 0.6) is 5.75 Å². The molecular weight excluding hydrogens is 208 g/mol. The van der Waals surface area contributed by atoms with E-state index in [4.69, 9.17) is 14.2 Å². The fraction of sp³-hybridized carbons (Fsp3) is 0.417. The maximum Gasteiger partial charge on any atom is 0.509 e. The molecule has 1 saturated heterocycles. The molecule has 1 aromatic rings. The van der Waals surface area contributed by atoms with Crippen molar-refractivity contribution >= 4 is 6.16 Å². The molecule has 4 nitrogen and oxygen atoms in total. The van der Waals surface area contributed by atoms with E-state index in [9.17, 15) is 4.79 Å². The lowest BCUT2D eigenvalue weighted by molar-refractivity contribution is 0.117. The van der Waals surface area contributed by atoms with Gasteiger partial charge < -0.3 is 14.2 Å². The number of rotatable bonds is 3. The lowest BCUT2D eigenvalue weighted by Gasteiger charge is -2.11. The molecule has 1 fully saturated rings. The molecule has 0 amide bonds. The SMILES string of the molecule is COc1ccc(CC2OC(=O)OC2C)cc1. The lowest BCUT2D eigenvalue weighted by Crippen LogP contribution is -2.21. The van der Waals surface area contributed by atoms with Gasteiger partial charge in [-0.25, -0.2) is 4.79 Å². The minimum Gasteiger partial charge on any atom is -0.497 e. The van der Waals surface area contributed by atoms with Crippen molar-refractivity contribution in [3.8, 4) is 5.75 Å². The first-order valence-corrected chi connectivity index (χ1v) is 5.19. The number of carbonyl (C=O) groups excluding carboxylic acids is 1. The second-order valence-corrected chi connectivity index (χ2v) is 3.78. The molecule has 0 bridgehead atoms. The topological polar surface area (TPSA) is 44.8 Å². The van der Waals surface area contributed by atoms with Crippen LogP contribution in [0.3, 0.4) is 0 Å². The first-order valence-electron chi connectivity index (χ1n) is 5.19. The average molecular weight is 222 g/mol. The molecule has 0 spiro atoms. The van der Waals surface area contributed by atoms with Crippen molar-refractivity contribution in [2.45, 2.75) is 25.6 Å². The smallest absolute Gasteiger partial charge is 0.497 e. The van der Waals surface area contributed by atoms with Crippen LogP contribution < -0.4 is 4.74 Å². The summed E-state index contributed by atoms with van der Waals surface area (Å²) in [6, 6.07) is 7.69. The van der Waals surface area contributed by atoms with E-state index in [0.29, 0.717) is 6.42 Å². The van der Waals surface area contributed by atoms with E-state index < -0.39 is 6.16 Å². The highest BCUT2D eigenvalue weighted by Crippen LogP contribution is 2.20. The number of methoxy groups -OCH3 is 1. The summed E-state index contributed by atoms with van der Waals surface area (Å²) >= 11 is 0. The number of benzene rings is 1. The molecule has 2 unspecified atom stereocenters. The predicted molar refractivity (Wildman–Crippen MR) is 57.5 cm³/mol. The normalized spacial score (nSPS) is 23.8. The maximum absolute atomic E-state index is 10.9. The molecule has 4 heteroatoms. The van der Waals surface area contributed by atoms with Gasteiger partial charge >= 0.3 is 6.16 Å². The van der Waals surface area contributed by atoms with Crippen LogP contribution in [0, 0.1) is 0 Å². The summed E-state index contributed by atoms with van der Waals surface area (Å²) in [6.07, 6.45) is -0.293. The zero-order chi connectivity index (χ0) is 11.5. The van der Waals surface area contributed by atoms with Gasteiger partial charge in [-0.2, -0.15) is 0 Å². The van der Waals surface area contributed by atoms with Crippen LogP contribution in [0.1, 0.15) is 12.5 Å². The monoisotopic (exact) mass is 222 g/mol. The van der Waals surface area contributed by atoms with Crippen LogP contribution in [0.15, 0.2) is 24.3 Å². The summed E-state index contributed by atoms with van der Waals surface area (Å²) in [6.45, 7) is 1.83. The molecular formula is C12H14O4. The Morgan fingerprint density at radius 2 is 1.94 bits per heavy atom. The zero-order valence-corrected chi connectivity index (χ0v) is 9.30. The summed E-state index contributed by atoms with van der Waals surface area (Å²) in [5, 5.41) is 0. The van der Waals surface area contributed by atoms with Gasteiger partial charge in [0.15, 0.2) is 0 Å². The first kappa shape index (κ1) is 10.8. The van der Waals surface area contributed by atoms with Crippen molar-refractivity contribution in [3.05, 3.63) is 29.8 Å². The lowest BCUT2D eigenvalue weighted by atomic mass is 10.0. The van der Waals surface area contributed by atoms with Gasteiger partial charge in [0, 0.05) is 6.42 Å². The quantitative estimate of drug-likeness (QED) is 0.735. The highest BCUT2D eigenvalue weighted by Gasteiger charge is 2.32. The van der Waals surface area contributed by atoms with E-state index in [0.717, 1.165) is 11.3 Å². The Hall–Kier alpha value is -1.71. The standard InChI is InChI=1S/C12H14O4/c1-8-11(16-12(13)15-8)7-9-3-5-10(14-2)6-4-9/h3-6,8,11H,7H2,1-2H3. The minimum absolute atomic E-state index is 0.186. The number of hydrogen-bond donors (Lipinski definition) is 0. The van der Waals surface area contributed by atoms with Crippen LogP contribution in [0.2, 0.25) is 0 Å². The van der Waals surface area contributed by atoms with E-state index in [1.807, 2.05) is 31.2 Å². The summed E-state index contributed by atoms with van der Waals surface area (Å²) in [5.74, 6) is 0.816. The fourth-order valence-electron chi connectivity index (χ4n) is 1.68. The van der Waals surface area contributed by atoms with Gasteiger partial charge in [0.1, 0.15) is 18.0 Å². The minimum atomic E-state index is -0.578. The molecule has 0 saturated carbocycles. The van der Waals surface area contributed by atoms with Crippen molar-refractivity contribution in [1.82, 2.24) is 0 Å². The van der Waals surface area contributed by atoms with E-state index >= 15 is 0 Å². The van der Waals surface area contributed by atoms with Crippen molar-refractivity contribution in [2.24, 2.45) is 0 Å². The fourth-order valence-corrected chi connectivity index (χ4v) is 1.68. The molecule has 2 rings (SSSR count). The Morgan fingerprint density at radius 3 is 2.44 bits per heavy atom. The molecule has 1 aromatic carbocycles. The maximum atomic E-state index is 10.9. The van der Waals surface area contributed by atoms with Gasteiger partial charge in [-0.05, 0) is 24.6 Å². The molecule has 0 aliphatic carbocycles. The molecule has 1 heterocycles. The highest BCUT2D eigenvalue weighted by atomic mass is 16.8. The third kappa shape index (κ3) is 2.27. The Kier molecular flexibility index (Phi) is 2.99. The summed E-state index contributed by atoms with van der Waals surface area (Å²) < 4.78 is 15.0. The van der Waals surface area contributed by atoms with Crippen molar-refractivity contribution in [1.29, 1.82) is 0 Å². The second kappa shape index (κ2) is 4.43. The predicted octanol–water partition coefficient (Wildman–Crippen LogP) is 2.16. The van der Waals surface area contributed by atoms with Crippen molar-refractivity contribution < 1.29 is 19.0 Å². The Bertz CT molecular complexity index is 371. The number of cyclic esters (lactones) is 2. The number of carbonyl (C=O) groups is 1. The Balaban J connectivity index is 2.00. The van der Waals surface area contributed by atoms with Gasteiger partial charge in [-0.1, -0.05) is 12.1 Å². The van der Waals surface area contributed by atoms with E-state index in [1.54, 1.807) is 7.11 Å². The van der Waals surface area contributed by atoms with Crippen molar-refractivity contribution in [2.75, 3.05) is 7.11 Å². The van der Waals surface area contributed by atoms with Gasteiger partial charge in [0.25, 0.3) is 0 Å². The summed E-state index contributed by atoms with van der Waals surface area (Å²) in [7, 11) is 1.63. The van der Waals surface area contributed by atoms with Crippen LogP contribution >= 0.6 is 0 Å². The van der Waals surface area contributed by atoms with E-state index in [-0.39, 0.29) is 12.2 Å². The van der Waals surface area contributed by atoms with Gasteiger partial charge in [-0.3, -0.25) is 0 Å². The Labute approximate surface area is 94.1 Å². The zero-order valence-electron chi connectivity index (χ0n) is 9.30. The van der Waals surface area contributed by atoms with Gasteiger partial charge in [0.2, 0.25) is 0 Å². The highest BCUT2D eigenvalue weighted by molar-refractivity contribution is 5.62. The molecule has 0 aromatic heterocycles. The van der Waals surface area contributed by atoms with Crippen LogP contribution in [-0.4, -0.2) is 25.5 Å². The van der Waals surface area contributed by atoms with Crippen LogP contribution in [0.4, 0.5) is 4.79 Å². The van der Waals surface area contributed by atoms with Gasteiger partial charge in [-0.15, -0.1) is 0 Å². The third-order valence-electron chi connectivity index (χ3n) is 2.65. The van der Waals surface area contributed by atoms with Crippen molar-refractivity contribution in [3.63, 3.8) is 0 Å². The average Bonchev–Trinajstić information content (AvgIpc) is 2.59. The van der Waals surface area contributed by atoms with E-state index in [2.05, 4.69) is 0 Å². The summed E-state index contributed by atoms with van der Waals surface area (Å²) in [4.78, 5) is 10.9. The Morgan fingerprint density at radius 1 is 1.25 bits per heavy atom. The first-order chi connectivity index (χ1) is 7.69. The molecule has 16 heavy (non-hydrogen) atoms. The molecule has 86 valence electrons. The summed E-state index contributed by atoms with van der Waals surface area (Å²) in [5.41, 5.74) is 1.09. The number of hydrogen-bond acceptors (Lipinski definition) is 4. The van der Waals surface area contributed by atoms with Crippen LogP contribution in [0.25, 0.3) is 0 Å². The van der Waals surface area contributed by atoms with Gasteiger partial charge in [0.05, 0.1) is 7.11 Å². The molecule has 0 radical (unpaired) electrons. The second-order valence-electron chi connectivity index (χ2n) is 3.78. The largest absolute Gasteiger partial charge is 0.509 e.